The third-order valence-corrected chi connectivity index (χ3v) is 12.2. The topological polar surface area (TPSA) is 6.48 Å². The Balaban J connectivity index is 0.896. The van der Waals surface area contributed by atoms with Crippen molar-refractivity contribution in [1.29, 1.82) is 0 Å². The lowest BCUT2D eigenvalue weighted by atomic mass is 9.78. The molecule has 2 heteroatoms. The Labute approximate surface area is 348 Å². The van der Waals surface area contributed by atoms with Crippen molar-refractivity contribution in [3.63, 3.8) is 0 Å². The second kappa shape index (κ2) is 15.3. The highest BCUT2D eigenvalue weighted by atomic mass is 15.1. The molecule has 0 bridgehead atoms. The van der Waals surface area contributed by atoms with Gasteiger partial charge in [0, 0.05) is 45.5 Å². The molecule has 0 fully saturated rings. The highest BCUT2D eigenvalue weighted by Gasteiger charge is 2.42. The number of para-hydroxylation sites is 2. The van der Waals surface area contributed by atoms with Crippen LogP contribution in [0.25, 0.3) is 34.1 Å². The molecule has 0 spiro atoms. The Bertz CT molecular complexity index is 2810. The number of hydrogen-bond donors (Lipinski definition) is 0. The summed E-state index contributed by atoms with van der Waals surface area (Å²) in [5, 5.41) is 2.49. The van der Waals surface area contributed by atoms with Gasteiger partial charge in [-0.05, 0) is 117 Å². The molecule has 0 aliphatic heterocycles. The standard InChI is InChI=1S/C57H46N2/c1-57(2)55-20-12-11-19-53(55)54-38-37-52(40-56(54)57)59(51-36-31-43-13-9-10-14-46(43)39-51)50-34-29-45(30-35-50)44-27-23-41(24-28-44)21-22-42-25-32-49(33-26-42)58(47-15-5-3-6-16-47)48-17-7-4-8-18-48/h3-37,39-40,54H,38H2,1-2H3/b22-21+. The van der Waals surface area contributed by atoms with Crippen LogP contribution in [0.5, 0.6) is 0 Å². The van der Waals surface area contributed by atoms with Crippen LogP contribution in [0.15, 0.2) is 224 Å². The molecule has 284 valence electrons. The van der Waals surface area contributed by atoms with Crippen LogP contribution in [0.3, 0.4) is 0 Å². The lowest BCUT2D eigenvalue weighted by Crippen LogP contribution is -2.22. The molecule has 0 saturated carbocycles. The minimum atomic E-state index is -0.0152. The lowest BCUT2D eigenvalue weighted by Gasteiger charge is -2.33. The Hall–Kier alpha value is -7.16. The van der Waals surface area contributed by atoms with E-state index in [1.165, 1.54) is 55.5 Å². The van der Waals surface area contributed by atoms with E-state index in [9.17, 15) is 0 Å². The van der Waals surface area contributed by atoms with Crippen LogP contribution in [-0.2, 0) is 5.41 Å². The quantitative estimate of drug-likeness (QED) is 0.135. The first-order chi connectivity index (χ1) is 29.0. The highest BCUT2D eigenvalue weighted by Crippen LogP contribution is 2.54. The van der Waals surface area contributed by atoms with Crippen molar-refractivity contribution in [2.24, 2.45) is 0 Å². The van der Waals surface area contributed by atoms with E-state index in [2.05, 4.69) is 248 Å². The fourth-order valence-corrected chi connectivity index (χ4v) is 9.16. The summed E-state index contributed by atoms with van der Waals surface area (Å²) in [4.78, 5) is 4.73. The zero-order valence-electron chi connectivity index (χ0n) is 33.5. The molecule has 1 unspecified atom stereocenters. The normalized spacial score (nSPS) is 15.3. The predicted octanol–water partition coefficient (Wildman–Crippen LogP) is 15.6. The molecular weight excluding hydrogens is 713 g/mol. The first kappa shape index (κ1) is 36.2. The summed E-state index contributed by atoms with van der Waals surface area (Å²) in [5.41, 5.74) is 16.1. The molecule has 0 N–H and O–H groups in total. The zero-order valence-corrected chi connectivity index (χ0v) is 33.5. The van der Waals surface area contributed by atoms with E-state index in [0.717, 1.165) is 34.7 Å². The van der Waals surface area contributed by atoms with Crippen LogP contribution in [0.4, 0.5) is 28.4 Å². The van der Waals surface area contributed by atoms with Gasteiger partial charge in [-0.15, -0.1) is 0 Å². The summed E-state index contributed by atoms with van der Waals surface area (Å²) in [6.45, 7) is 4.78. The van der Waals surface area contributed by atoms with Gasteiger partial charge in [0.15, 0.2) is 0 Å². The van der Waals surface area contributed by atoms with Crippen LogP contribution >= 0.6 is 0 Å². The third kappa shape index (κ3) is 6.98. The fraction of sp³-hybridized carbons (Fsp3) is 0.0877. The lowest BCUT2D eigenvalue weighted by molar-refractivity contribution is 0.609. The van der Waals surface area contributed by atoms with Crippen LogP contribution in [0.1, 0.15) is 48.4 Å². The van der Waals surface area contributed by atoms with Gasteiger partial charge >= 0.3 is 0 Å². The van der Waals surface area contributed by atoms with Crippen molar-refractivity contribution >= 4 is 51.4 Å². The van der Waals surface area contributed by atoms with Crippen LogP contribution in [0.2, 0.25) is 0 Å². The Morgan fingerprint density at radius 2 is 0.949 bits per heavy atom. The first-order valence-electron chi connectivity index (χ1n) is 20.7. The average Bonchev–Trinajstić information content (AvgIpc) is 3.52. The van der Waals surface area contributed by atoms with Gasteiger partial charge in [0.25, 0.3) is 0 Å². The van der Waals surface area contributed by atoms with E-state index >= 15 is 0 Å². The van der Waals surface area contributed by atoms with Crippen LogP contribution < -0.4 is 9.80 Å². The van der Waals surface area contributed by atoms with Crippen LogP contribution in [-0.4, -0.2) is 0 Å². The molecule has 2 nitrogen and oxygen atoms in total. The predicted molar refractivity (Wildman–Crippen MR) is 251 cm³/mol. The van der Waals surface area contributed by atoms with Gasteiger partial charge in [-0.3, -0.25) is 0 Å². The van der Waals surface area contributed by atoms with E-state index in [1.807, 2.05) is 0 Å². The summed E-state index contributed by atoms with van der Waals surface area (Å²) >= 11 is 0. The Kier molecular flexibility index (Phi) is 9.39. The maximum Gasteiger partial charge on any atom is 0.0467 e. The third-order valence-electron chi connectivity index (χ3n) is 12.2. The van der Waals surface area contributed by atoms with E-state index < -0.39 is 0 Å². The second-order valence-corrected chi connectivity index (χ2v) is 16.2. The molecule has 0 heterocycles. The molecule has 0 amide bonds. The van der Waals surface area contributed by atoms with Gasteiger partial charge in [0.1, 0.15) is 0 Å². The summed E-state index contributed by atoms with van der Waals surface area (Å²) < 4.78 is 0. The molecule has 10 rings (SSSR count). The molecule has 8 aromatic carbocycles. The molecule has 0 aromatic heterocycles. The molecular formula is C57H46N2. The van der Waals surface area contributed by atoms with Crippen molar-refractivity contribution in [3.05, 3.63) is 246 Å². The molecule has 8 aromatic rings. The number of anilines is 5. The minimum Gasteiger partial charge on any atom is -0.311 e. The molecule has 0 radical (unpaired) electrons. The van der Waals surface area contributed by atoms with Gasteiger partial charge < -0.3 is 9.80 Å². The second-order valence-electron chi connectivity index (χ2n) is 16.2. The van der Waals surface area contributed by atoms with Crippen molar-refractivity contribution in [3.8, 4) is 11.1 Å². The average molecular weight is 759 g/mol. The van der Waals surface area contributed by atoms with Gasteiger partial charge in [0.05, 0.1) is 0 Å². The fourth-order valence-electron chi connectivity index (χ4n) is 9.16. The van der Waals surface area contributed by atoms with E-state index in [0.29, 0.717) is 5.92 Å². The van der Waals surface area contributed by atoms with Crippen molar-refractivity contribution in [1.82, 2.24) is 0 Å². The number of benzene rings is 8. The first-order valence-corrected chi connectivity index (χ1v) is 20.7. The van der Waals surface area contributed by atoms with Crippen LogP contribution in [0, 0.1) is 0 Å². The maximum atomic E-state index is 2.47. The number of nitrogens with zero attached hydrogens (tertiary/aromatic N) is 2. The smallest absolute Gasteiger partial charge is 0.0467 e. The molecule has 1 atom stereocenters. The molecule has 2 aliphatic rings. The highest BCUT2D eigenvalue weighted by molar-refractivity contribution is 5.88. The van der Waals surface area contributed by atoms with E-state index in [4.69, 9.17) is 0 Å². The maximum absolute atomic E-state index is 2.47. The van der Waals surface area contributed by atoms with E-state index in [-0.39, 0.29) is 5.41 Å². The number of hydrogen-bond acceptors (Lipinski definition) is 2. The van der Waals surface area contributed by atoms with Crippen molar-refractivity contribution in [2.45, 2.75) is 31.6 Å². The van der Waals surface area contributed by atoms with Crippen molar-refractivity contribution in [2.75, 3.05) is 9.80 Å². The molecule has 0 saturated heterocycles. The van der Waals surface area contributed by atoms with Gasteiger partial charge in [-0.2, -0.15) is 0 Å². The molecule has 59 heavy (non-hydrogen) atoms. The number of allylic oxidation sites excluding steroid dienone is 3. The number of rotatable bonds is 9. The van der Waals surface area contributed by atoms with E-state index in [1.54, 1.807) is 0 Å². The number of fused-ring (bicyclic) bond motifs is 4. The monoisotopic (exact) mass is 758 g/mol. The molecule has 2 aliphatic carbocycles. The van der Waals surface area contributed by atoms with Crippen molar-refractivity contribution < 1.29 is 0 Å². The summed E-state index contributed by atoms with van der Waals surface area (Å²) in [6, 6.07) is 72.3. The zero-order chi connectivity index (χ0) is 39.8. The summed E-state index contributed by atoms with van der Waals surface area (Å²) in [6.07, 6.45) is 10.3. The Morgan fingerprint density at radius 1 is 0.458 bits per heavy atom. The van der Waals surface area contributed by atoms with Gasteiger partial charge in [0.2, 0.25) is 0 Å². The van der Waals surface area contributed by atoms with Gasteiger partial charge in [-0.25, -0.2) is 0 Å². The van der Waals surface area contributed by atoms with Gasteiger partial charge in [-0.1, -0.05) is 177 Å². The largest absolute Gasteiger partial charge is 0.311 e. The summed E-state index contributed by atoms with van der Waals surface area (Å²) in [5.74, 6) is 0.431. The SMILES string of the molecule is CC1(C)C2=CC(N(c3ccc(-c4ccc(/C=C/c5ccc(N(c6ccccc6)c6ccccc6)cc5)cc4)cc3)c3ccc4ccccc4c3)=CCC2c2ccccc21. The Morgan fingerprint density at radius 3 is 1.61 bits per heavy atom. The summed E-state index contributed by atoms with van der Waals surface area (Å²) in [7, 11) is 0. The minimum absolute atomic E-state index is 0.0152.